The first-order valence-electron chi connectivity index (χ1n) is 17.7. The van der Waals surface area contributed by atoms with Gasteiger partial charge in [-0.1, -0.05) is 0 Å². The molecule has 0 saturated heterocycles. The number of carbonyl (C=O) groups excluding carboxylic acids is 2. The third kappa shape index (κ3) is 7.99. The number of rotatable bonds is 12. The second kappa shape index (κ2) is 15.5. The van der Waals surface area contributed by atoms with E-state index in [9.17, 15) is 14.7 Å². The number of nitrogens with zero attached hydrogens (tertiary/aromatic N) is 5. The van der Waals surface area contributed by atoms with Crippen LogP contribution in [0, 0.1) is 18.8 Å². The van der Waals surface area contributed by atoms with Crippen molar-refractivity contribution in [2.24, 2.45) is 11.8 Å². The molecule has 3 aliphatic rings. The van der Waals surface area contributed by atoms with Crippen molar-refractivity contribution in [1.29, 1.82) is 0 Å². The molecule has 6 rings (SSSR count). The first-order valence-corrected chi connectivity index (χ1v) is 17.7. The summed E-state index contributed by atoms with van der Waals surface area (Å²) in [6.45, 7) is 5.07. The average molecular weight is 660 g/mol. The number of hydrogen-bond acceptors (Lipinski definition) is 9. The highest BCUT2D eigenvalue weighted by atomic mass is 16.6. The number of aliphatic hydroxyl groups is 1. The fourth-order valence-corrected chi connectivity index (χ4v) is 7.23. The molecule has 3 aliphatic carbocycles. The summed E-state index contributed by atoms with van der Waals surface area (Å²) >= 11 is 0. The Morgan fingerprint density at radius 1 is 0.979 bits per heavy atom. The maximum atomic E-state index is 14.4. The van der Waals surface area contributed by atoms with Crippen molar-refractivity contribution in [1.82, 2.24) is 19.9 Å². The maximum Gasteiger partial charge on any atom is 0.410 e. The van der Waals surface area contributed by atoms with Crippen LogP contribution in [0.15, 0.2) is 41.1 Å². The molecule has 3 aromatic heterocycles. The minimum absolute atomic E-state index is 0.0771. The van der Waals surface area contributed by atoms with Crippen LogP contribution in [0.2, 0.25) is 0 Å². The summed E-state index contributed by atoms with van der Waals surface area (Å²) in [5.74, 6) is 3.28. The van der Waals surface area contributed by atoms with Crippen molar-refractivity contribution in [3.05, 3.63) is 54.0 Å². The normalized spacial score (nSPS) is 22.6. The lowest BCUT2D eigenvalue weighted by molar-refractivity contribution is -0.124. The van der Waals surface area contributed by atoms with Crippen LogP contribution in [0.5, 0.6) is 5.75 Å². The second-order valence-electron chi connectivity index (χ2n) is 13.6. The predicted octanol–water partition coefficient (Wildman–Crippen LogP) is 6.64. The summed E-state index contributed by atoms with van der Waals surface area (Å²) in [7, 11) is 1.67. The molecule has 0 spiro atoms. The SMILES string of the molecule is CCN(CCO)C(=O)O[C@H]1CC[C@H](C(=O)N(C[C@H]2CC[C@H](c3ccc(OC)c(C)n3)CC2)c2cc(-c3coc(C4CC4)n3)ccn2)CC1. The molecule has 0 radical (unpaired) electrons. The van der Waals surface area contributed by atoms with Gasteiger partial charge in [-0.05, 0) is 108 Å². The van der Waals surface area contributed by atoms with Crippen molar-refractivity contribution >= 4 is 17.8 Å². The monoisotopic (exact) mass is 659 g/mol. The Labute approximate surface area is 283 Å². The molecular weight excluding hydrogens is 610 g/mol. The predicted molar refractivity (Wildman–Crippen MR) is 181 cm³/mol. The van der Waals surface area contributed by atoms with Gasteiger partial charge in [0.05, 0.1) is 19.4 Å². The highest BCUT2D eigenvalue weighted by Gasteiger charge is 2.35. The molecule has 48 heavy (non-hydrogen) atoms. The van der Waals surface area contributed by atoms with E-state index in [4.69, 9.17) is 28.8 Å². The fourth-order valence-electron chi connectivity index (χ4n) is 7.23. The number of pyridine rings is 2. The van der Waals surface area contributed by atoms with E-state index in [-0.39, 0.29) is 31.1 Å². The number of methoxy groups -OCH3 is 1. The van der Waals surface area contributed by atoms with Crippen LogP contribution in [0.25, 0.3) is 11.3 Å². The largest absolute Gasteiger partial charge is 0.495 e. The molecule has 0 bridgehead atoms. The Hall–Kier alpha value is -3.99. The molecule has 1 N–H and O–H groups in total. The number of ether oxygens (including phenoxy) is 2. The van der Waals surface area contributed by atoms with Gasteiger partial charge in [-0.2, -0.15) is 0 Å². The number of amides is 2. The quantitative estimate of drug-likeness (QED) is 0.227. The Morgan fingerprint density at radius 2 is 1.73 bits per heavy atom. The summed E-state index contributed by atoms with van der Waals surface area (Å²) in [6, 6.07) is 7.98. The van der Waals surface area contributed by atoms with Gasteiger partial charge in [0, 0.05) is 54.8 Å². The van der Waals surface area contributed by atoms with E-state index < -0.39 is 6.09 Å². The van der Waals surface area contributed by atoms with Crippen molar-refractivity contribution in [2.75, 3.05) is 38.3 Å². The molecule has 11 nitrogen and oxygen atoms in total. The summed E-state index contributed by atoms with van der Waals surface area (Å²) in [6.07, 6.45) is 11.6. The molecular formula is C37H49N5O6. The van der Waals surface area contributed by atoms with E-state index in [0.29, 0.717) is 62.3 Å². The summed E-state index contributed by atoms with van der Waals surface area (Å²) in [5, 5.41) is 9.27. The van der Waals surface area contributed by atoms with Gasteiger partial charge < -0.3 is 23.9 Å². The highest BCUT2D eigenvalue weighted by molar-refractivity contribution is 5.94. The number of aromatic nitrogens is 3. The van der Waals surface area contributed by atoms with Gasteiger partial charge in [-0.25, -0.2) is 14.8 Å². The average Bonchev–Trinajstić information content (AvgIpc) is 3.85. The zero-order valence-electron chi connectivity index (χ0n) is 28.5. The maximum absolute atomic E-state index is 14.4. The lowest BCUT2D eigenvalue weighted by Crippen LogP contribution is -2.43. The van der Waals surface area contributed by atoms with Crippen LogP contribution >= 0.6 is 0 Å². The molecule has 2 amide bonds. The minimum Gasteiger partial charge on any atom is -0.495 e. The molecule has 3 fully saturated rings. The molecule has 11 heteroatoms. The van der Waals surface area contributed by atoms with Gasteiger partial charge in [0.2, 0.25) is 5.91 Å². The summed E-state index contributed by atoms with van der Waals surface area (Å²) < 4.78 is 16.9. The number of anilines is 1. The van der Waals surface area contributed by atoms with Gasteiger partial charge in [-0.3, -0.25) is 14.7 Å². The zero-order chi connectivity index (χ0) is 33.6. The van der Waals surface area contributed by atoms with Crippen molar-refractivity contribution in [3.63, 3.8) is 0 Å². The van der Waals surface area contributed by atoms with E-state index in [0.717, 1.165) is 72.8 Å². The van der Waals surface area contributed by atoms with Crippen molar-refractivity contribution in [3.8, 4) is 17.0 Å². The highest BCUT2D eigenvalue weighted by Crippen LogP contribution is 2.41. The first-order chi connectivity index (χ1) is 23.4. The van der Waals surface area contributed by atoms with Gasteiger partial charge >= 0.3 is 6.09 Å². The van der Waals surface area contributed by atoms with Gasteiger partial charge in [-0.15, -0.1) is 0 Å². The summed E-state index contributed by atoms with van der Waals surface area (Å²) in [4.78, 5) is 44.7. The molecule has 0 aromatic carbocycles. The number of hydrogen-bond donors (Lipinski definition) is 1. The lowest BCUT2D eigenvalue weighted by atomic mass is 9.79. The number of oxazole rings is 1. The standard InChI is InChI=1S/C37H49N5O6/c1-4-41(19-20-43)37(45)48-30-13-11-28(12-14-30)36(44)42(34-21-29(17-18-38-34)32-23-47-35(40-32)27-9-10-27)22-25-5-7-26(8-6-25)31-15-16-33(46-3)24(2)39-31/h15-18,21,23,25-28,30,43H,4-14,19-20,22H2,1-3H3/t25-,26-,28-,30-. The summed E-state index contributed by atoms with van der Waals surface area (Å²) in [5.41, 5.74) is 3.68. The Kier molecular flexibility index (Phi) is 10.9. The number of aliphatic hydroxyl groups excluding tert-OH is 1. The molecule has 3 heterocycles. The first kappa shape index (κ1) is 33.9. The van der Waals surface area contributed by atoms with E-state index in [1.54, 1.807) is 19.6 Å². The molecule has 258 valence electrons. The number of likely N-dealkylation sites (N-methyl/N-ethyl adjacent to an activating group) is 1. The van der Waals surface area contributed by atoms with E-state index in [1.165, 1.54) is 4.90 Å². The molecule has 3 aromatic rings. The third-order valence-corrected chi connectivity index (χ3v) is 10.3. The zero-order valence-corrected chi connectivity index (χ0v) is 28.5. The third-order valence-electron chi connectivity index (χ3n) is 10.3. The van der Waals surface area contributed by atoms with Crippen LogP contribution in [0.3, 0.4) is 0 Å². The van der Waals surface area contributed by atoms with Crippen LogP contribution in [0.1, 0.15) is 100 Å². The van der Waals surface area contributed by atoms with Crippen molar-refractivity contribution < 1.29 is 28.6 Å². The number of aryl methyl sites for hydroxylation is 1. The number of carbonyl (C=O) groups is 2. The minimum atomic E-state index is -0.405. The molecule has 0 unspecified atom stereocenters. The van der Waals surface area contributed by atoms with Gasteiger partial charge in [0.1, 0.15) is 29.6 Å². The topological polar surface area (TPSA) is 131 Å². The van der Waals surface area contributed by atoms with E-state index >= 15 is 0 Å². The van der Waals surface area contributed by atoms with Crippen molar-refractivity contribution in [2.45, 2.75) is 96.0 Å². The Bertz CT molecular complexity index is 1540. The van der Waals surface area contributed by atoms with Gasteiger partial charge in [0.25, 0.3) is 0 Å². The van der Waals surface area contributed by atoms with Crippen LogP contribution < -0.4 is 9.64 Å². The van der Waals surface area contributed by atoms with E-state index in [1.807, 2.05) is 36.9 Å². The van der Waals surface area contributed by atoms with Gasteiger partial charge in [0.15, 0.2) is 5.89 Å². The van der Waals surface area contributed by atoms with Crippen LogP contribution in [-0.4, -0.2) is 76.4 Å². The molecule has 0 aliphatic heterocycles. The van der Waals surface area contributed by atoms with Crippen LogP contribution in [-0.2, 0) is 9.53 Å². The fraction of sp³-hybridized carbons (Fsp3) is 0.595. The molecule has 0 atom stereocenters. The van der Waals surface area contributed by atoms with E-state index in [2.05, 4.69) is 6.07 Å². The smallest absolute Gasteiger partial charge is 0.410 e. The van der Waals surface area contributed by atoms with Crippen LogP contribution in [0.4, 0.5) is 10.6 Å². The second-order valence-corrected chi connectivity index (χ2v) is 13.6. The Morgan fingerprint density at radius 3 is 2.40 bits per heavy atom. The lowest BCUT2D eigenvalue weighted by Gasteiger charge is -2.35. The Balaban J connectivity index is 1.15. The molecule has 3 saturated carbocycles.